The van der Waals surface area contributed by atoms with Crippen molar-refractivity contribution in [3.8, 4) is 0 Å². The van der Waals surface area contributed by atoms with Gasteiger partial charge in [-0.1, -0.05) is 34.6 Å². The maximum Gasteiger partial charge on any atom is 0.419 e. The van der Waals surface area contributed by atoms with Crippen LogP contribution in [0.3, 0.4) is 0 Å². The van der Waals surface area contributed by atoms with Gasteiger partial charge in [-0.15, -0.1) is 0 Å². The van der Waals surface area contributed by atoms with Gasteiger partial charge in [-0.2, -0.15) is 13.2 Å². The summed E-state index contributed by atoms with van der Waals surface area (Å²) in [6.07, 6.45) is -3.17. The summed E-state index contributed by atoms with van der Waals surface area (Å²) in [5.74, 6) is 0.569. The lowest BCUT2D eigenvalue weighted by Gasteiger charge is -2.20. The molecule has 0 aliphatic heterocycles. The molecule has 0 atom stereocenters. The molecule has 0 N–H and O–H groups in total. The monoisotopic (exact) mass is 260 g/mol. The highest BCUT2D eigenvalue weighted by Gasteiger charge is 2.35. The van der Waals surface area contributed by atoms with Crippen molar-refractivity contribution in [2.45, 2.75) is 52.6 Å². The lowest BCUT2D eigenvalue weighted by Crippen LogP contribution is -2.21. The normalized spacial score (nSPS) is 13.2. The summed E-state index contributed by atoms with van der Waals surface area (Å²) in [6.45, 7) is 9.40. The maximum atomic E-state index is 12.8. The van der Waals surface area contributed by atoms with Crippen LogP contribution in [-0.4, -0.2) is 9.97 Å². The molecule has 0 aliphatic rings. The van der Waals surface area contributed by atoms with Crippen LogP contribution < -0.4 is 0 Å². The largest absolute Gasteiger partial charge is 0.419 e. The predicted molar refractivity (Wildman–Crippen MR) is 64.3 cm³/mol. The Morgan fingerprint density at radius 2 is 1.72 bits per heavy atom. The van der Waals surface area contributed by atoms with Crippen molar-refractivity contribution in [2.24, 2.45) is 5.92 Å². The minimum absolute atomic E-state index is 0.0948. The Kier molecular flexibility index (Phi) is 4.03. The number of halogens is 3. The lowest BCUT2D eigenvalue weighted by molar-refractivity contribution is -0.138. The summed E-state index contributed by atoms with van der Waals surface area (Å²) in [7, 11) is 0. The van der Waals surface area contributed by atoms with Crippen molar-refractivity contribution in [1.29, 1.82) is 0 Å². The van der Waals surface area contributed by atoms with Gasteiger partial charge in [-0.05, 0) is 12.3 Å². The molecule has 2 nitrogen and oxygen atoms in total. The third-order valence-electron chi connectivity index (χ3n) is 2.45. The molecule has 0 spiro atoms. The van der Waals surface area contributed by atoms with Crippen molar-refractivity contribution in [2.75, 3.05) is 0 Å². The van der Waals surface area contributed by atoms with E-state index in [1.54, 1.807) is 0 Å². The van der Waals surface area contributed by atoms with Gasteiger partial charge >= 0.3 is 6.18 Å². The van der Waals surface area contributed by atoms with E-state index in [1.165, 1.54) is 0 Å². The molecule has 0 bridgehead atoms. The van der Waals surface area contributed by atoms with E-state index in [0.717, 1.165) is 6.20 Å². The van der Waals surface area contributed by atoms with Crippen molar-refractivity contribution >= 4 is 0 Å². The number of rotatable bonds is 2. The van der Waals surface area contributed by atoms with Crippen LogP contribution in [0.15, 0.2) is 6.20 Å². The highest BCUT2D eigenvalue weighted by molar-refractivity contribution is 5.23. The van der Waals surface area contributed by atoms with Crippen molar-refractivity contribution < 1.29 is 13.2 Å². The molecule has 0 aliphatic carbocycles. The van der Waals surface area contributed by atoms with Crippen LogP contribution in [0.2, 0.25) is 0 Å². The molecule has 5 heteroatoms. The first-order valence-corrected chi connectivity index (χ1v) is 5.95. The van der Waals surface area contributed by atoms with Gasteiger partial charge in [0.2, 0.25) is 0 Å². The van der Waals surface area contributed by atoms with Crippen molar-refractivity contribution in [3.05, 3.63) is 23.3 Å². The standard InChI is InChI=1S/C13H19F3N2/c1-8(2)6-10-9(13(14,15)16)7-17-11(18-10)12(3,4)5/h7-8H,6H2,1-5H3. The van der Waals surface area contributed by atoms with E-state index in [0.29, 0.717) is 12.2 Å². The van der Waals surface area contributed by atoms with E-state index in [4.69, 9.17) is 0 Å². The molecule has 18 heavy (non-hydrogen) atoms. The molecule has 0 aromatic carbocycles. The summed E-state index contributed by atoms with van der Waals surface area (Å²) in [5, 5.41) is 0. The molecule has 0 radical (unpaired) electrons. The van der Waals surface area contributed by atoms with Crippen LogP contribution in [-0.2, 0) is 18.0 Å². The Hall–Kier alpha value is -1.13. The highest BCUT2D eigenvalue weighted by Crippen LogP contribution is 2.32. The average Bonchev–Trinajstić information content (AvgIpc) is 2.13. The zero-order valence-electron chi connectivity index (χ0n) is 11.4. The molecule has 0 saturated heterocycles. The first-order valence-electron chi connectivity index (χ1n) is 5.95. The number of aromatic nitrogens is 2. The fourth-order valence-corrected chi connectivity index (χ4v) is 1.56. The second kappa shape index (κ2) is 4.86. The summed E-state index contributed by atoms with van der Waals surface area (Å²) >= 11 is 0. The van der Waals surface area contributed by atoms with Gasteiger partial charge < -0.3 is 0 Å². The number of hydrogen-bond acceptors (Lipinski definition) is 2. The zero-order valence-corrected chi connectivity index (χ0v) is 11.4. The average molecular weight is 260 g/mol. The SMILES string of the molecule is CC(C)Cc1nc(C(C)(C)C)ncc1C(F)(F)F. The maximum absolute atomic E-state index is 12.8. The van der Waals surface area contributed by atoms with Crippen LogP contribution in [0, 0.1) is 5.92 Å². The topological polar surface area (TPSA) is 25.8 Å². The molecular weight excluding hydrogens is 241 g/mol. The van der Waals surface area contributed by atoms with E-state index in [1.807, 2.05) is 34.6 Å². The third-order valence-corrected chi connectivity index (χ3v) is 2.45. The second-order valence-corrected chi connectivity index (χ2v) is 5.90. The Balaban J connectivity index is 3.30. The van der Waals surface area contributed by atoms with Crippen LogP contribution in [0.4, 0.5) is 13.2 Å². The summed E-state index contributed by atoms with van der Waals surface area (Å²) in [6, 6.07) is 0. The summed E-state index contributed by atoms with van der Waals surface area (Å²) < 4.78 is 38.5. The van der Waals surface area contributed by atoms with Gasteiger partial charge in [0.25, 0.3) is 0 Å². The molecule has 1 aromatic rings. The fourth-order valence-electron chi connectivity index (χ4n) is 1.56. The molecule has 0 saturated carbocycles. The van der Waals surface area contributed by atoms with Gasteiger partial charge in [-0.25, -0.2) is 9.97 Å². The van der Waals surface area contributed by atoms with Crippen molar-refractivity contribution in [3.63, 3.8) is 0 Å². The van der Waals surface area contributed by atoms with E-state index in [9.17, 15) is 13.2 Å². The van der Waals surface area contributed by atoms with Crippen LogP contribution in [0.1, 0.15) is 51.7 Å². The Morgan fingerprint density at radius 3 is 2.11 bits per heavy atom. The molecule has 0 fully saturated rings. The number of hydrogen-bond donors (Lipinski definition) is 0. The fraction of sp³-hybridized carbons (Fsp3) is 0.692. The van der Waals surface area contributed by atoms with Crippen molar-refractivity contribution in [1.82, 2.24) is 9.97 Å². The summed E-state index contributed by atoms with van der Waals surface area (Å²) in [5.41, 5.74) is -0.975. The number of nitrogens with zero attached hydrogens (tertiary/aromatic N) is 2. The van der Waals surface area contributed by atoms with Crippen LogP contribution in [0.25, 0.3) is 0 Å². The van der Waals surface area contributed by atoms with Crippen LogP contribution >= 0.6 is 0 Å². The van der Waals surface area contributed by atoms with Crippen LogP contribution in [0.5, 0.6) is 0 Å². The quantitative estimate of drug-likeness (QED) is 0.803. The van der Waals surface area contributed by atoms with Gasteiger partial charge in [0.1, 0.15) is 5.82 Å². The summed E-state index contributed by atoms with van der Waals surface area (Å²) in [4.78, 5) is 7.97. The molecular formula is C13H19F3N2. The first-order chi connectivity index (χ1) is 8.01. The van der Waals surface area contributed by atoms with Gasteiger partial charge in [0, 0.05) is 11.6 Å². The van der Waals surface area contributed by atoms with E-state index < -0.39 is 11.7 Å². The third kappa shape index (κ3) is 3.68. The molecule has 102 valence electrons. The Bertz CT molecular complexity index is 417. The Labute approximate surface area is 106 Å². The smallest absolute Gasteiger partial charge is 0.240 e. The number of alkyl halides is 3. The van der Waals surface area contributed by atoms with E-state index in [-0.39, 0.29) is 17.0 Å². The lowest BCUT2D eigenvalue weighted by atomic mass is 9.94. The van der Waals surface area contributed by atoms with Gasteiger partial charge in [0.05, 0.1) is 11.3 Å². The predicted octanol–water partition coefficient (Wildman–Crippen LogP) is 3.99. The highest BCUT2D eigenvalue weighted by atomic mass is 19.4. The van der Waals surface area contributed by atoms with Gasteiger partial charge in [-0.3, -0.25) is 0 Å². The second-order valence-electron chi connectivity index (χ2n) is 5.90. The minimum Gasteiger partial charge on any atom is -0.240 e. The zero-order chi connectivity index (χ0) is 14.1. The first kappa shape index (κ1) is 14.9. The molecule has 1 aromatic heterocycles. The van der Waals surface area contributed by atoms with E-state index >= 15 is 0 Å². The molecule has 1 heterocycles. The van der Waals surface area contributed by atoms with E-state index in [2.05, 4.69) is 9.97 Å². The molecule has 1 rings (SSSR count). The van der Waals surface area contributed by atoms with Gasteiger partial charge in [0.15, 0.2) is 0 Å². The molecule has 0 unspecified atom stereocenters. The molecule has 0 amide bonds. The Morgan fingerprint density at radius 1 is 1.17 bits per heavy atom. The minimum atomic E-state index is -4.39.